The van der Waals surface area contributed by atoms with Gasteiger partial charge < -0.3 is 5.32 Å². The Balaban J connectivity index is 2.37. The first-order valence-electron chi connectivity index (χ1n) is 5.17. The number of carbonyl (C=O) groups is 1. The van der Waals surface area contributed by atoms with Crippen molar-refractivity contribution in [1.82, 2.24) is 5.32 Å². The zero-order chi connectivity index (χ0) is 12.1. The van der Waals surface area contributed by atoms with Crippen LogP contribution in [0.15, 0.2) is 11.4 Å². The van der Waals surface area contributed by atoms with Gasteiger partial charge in [-0.1, -0.05) is 6.92 Å². The van der Waals surface area contributed by atoms with Crippen molar-refractivity contribution < 1.29 is 9.00 Å². The van der Waals surface area contributed by atoms with E-state index in [-0.39, 0.29) is 11.2 Å². The van der Waals surface area contributed by atoms with Crippen LogP contribution in [0.3, 0.4) is 0 Å². The lowest BCUT2D eigenvalue weighted by atomic mass is 10.2. The molecule has 2 atom stereocenters. The van der Waals surface area contributed by atoms with Gasteiger partial charge in [0.05, 0.1) is 4.88 Å². The third-order valence-electron chi connectivity index (χ3n) is 2.47. The number of carbonyl (C=O) groups excluding carboxylic acids is 1. The lowest BCUT2D eigenvalue weighted by molar-refractivity contribution is 0.0957. The van der Waals surface area contributed by atoms with E-state index in [0.29, 0.717) is 6.54 Å². The van der Waals surface area contributed by atoms with Gasteiger partial charge in [0.15, 0.2) is 0 Å². The molecule has 0 aromatic carbocycles. The van der Waals surface area contributed by atoms with Crippen molar-refractivity contribution in [3.05, 3.63) is 21.9 Å². The van der Waals surface area contributed by atoms with E-state index in [4.69, 9.17) is 0 Å². The Labute approximate surface area is 103 Å². The van der Waals surface area contributed by atoms with E-state index in [9.17, 15) is 9.00 Å². The van der Waals surface area contributed by atoms with Crippen LogP contribution >= 0.6 is 11.3 Å². The Kier molecular flexibility index (Phi) is 5.15. The molecule has 1 amide bonds. The van der Waals surface area contributed by atoms with Crippen LogP contribution in [-0.4, -0.2) is 28.2 Å². The predicted molar refractivity (Wildman–Crippen MR) is 69.5 cm³/mol. The van der Waals surface area contributed by atoms with E-state index < -0.39 is 10.8 Å². The van der Waals surface area contributed by atoms with Crippen LogP contribution in [0.1, 0.15) is 28.6 Å². The maximum Gasteiger partial charge on any atom is 0.261 e. The zero-order valence-corrected chi connectivity index (χ0v) is 11.4. The van der Waals surface area contributed by atoms with Crippen LogP contribution in [0.5, 0.6) is 0 Å². The summed E-state index contributed by atoms with van der Waals surface area (Å²) in [6.07, 6.45) is 2.44. The molecule has 0 fully saturated rings. The van der Waals surface area contributed by atoms with Gasteiger partial charge in [-0.3, -0.25) is 9.00 Å². The summed E-state index contributed by atoms with van der Waals surface area (Å²) in [6.45, 7) is 4.44. The van der Waals surface area contributed by atoms with Crippen LogP contribution in [0.4, 0.5) is 0 Å². The highest BCUT2D eigenvalue weighted by Crippen LogP contribution is 2.14. The van der Waals surface area contributed by atoms with Crippen molar-refractivity contribution in [2.45, 2.75) is 25.5 Å². The highest BCUT2D eigenvalue weighted by atomic mass is 32.2. The molecule has 0 aliphatic rings. The maximum absolute atomic E-state index is 11.7. The Morgan fingerprint density at radius 1 is 1.62 bits per heavy atom. The van der Waals surface area contributed by atoms with Crippen LogP contribution < -0.4 is 5.32 Å². The molecule has 0 bridgehead atoms. The molecule has 0 saturated heterocycles. The van der Waals surface area contributed by atoms with Gasteiger partial charge in [0.2, 0.25) is 0 Å². The van der Waals surface area contributed by atoms with Crippen LogP contribution in [0.25, 0.3) is 0 Å². The minimum absolute atomic E-state index is 0.0263. The van der Waals surface area contributed by atoms with Crippen LogP contribution in [-0.2, 0) is 10.8 Å². The smallest absolute Gasteiger partial charge is 0.261 e. The highest BCUT2D eigenvalue weighted by molar-refractivity contribution is 7.84. The van der Waals surface area contributed by atoms with Gasteiger partial charge in [0.1, 0.15) is 0 Å². The summed E-state index contributed by atoms with van der Waals surface area (Å²) in [6, 6.07) is 1.93. The van der Waals surface area contributed by atoms with E-state index >= 15 is 0 Å². The summed E-state index contributed by atoms with van der Waals surface area (Å²) in [7, 11) is -0.815. The second kappa shape index (κ2) is 6.15. The van der Waals surface area contributed by atoms with E-state index in [2.05, 4.69) is 5.32 Å². The third kappa shape index (κ3) is 3.72. The number of aryl methyl sites for hydroxylation is 1. The largest absolute Gasteiger partial charge is 0.351 e. The molecule has 3 nitrogen and oxygen atoms in total. The van der Waals surface area contributed by atoms with Gasteiger partial charge in [-0.15, -0.1) is 11.3 Å². The molecule has 0 radical (unpaired) electrons. The Morgan fingerprint density at radius 2 is 2.31 bits per heavy atom. The molecule has 1 aromatic heterocycles. The fraction of sp³-hybridized carbons (Fsp3) is 0.545. The lowest BCUT2D eigenvalue weighted by Gasteiger charge is -2.08. The topological polar surface area (TPSA) is 46.2 Å². The van der Waals surface area contributed by atoms with Crippen molar-refractivity contribution in [1.29, 1.82) is 0 Å². The number of thiophene rings is 1. The second-order valence-electron chi connectivity index (χ2n) is 3.79. The van der Waals surface area contributed by atoms with E-state index in [0.717, 1.165) is 16.9 Å². The van der Waals surface area contributed by atoms with E-state index in [1.807, 2.05) is 25.3 Å². The molecule has 0 aliphatic heterocycles. The SMILES string of the molecule is Cc1ccsc1C(=O)NCC[C@H](C)[S@@](C)=O. The van der Waals surface area contributed by atoms with Crippen molar-refractivity contribution in [3.63, 3.8) is 0 Å². The van der Waals surface area contributed by atoms with Crippen molar-refractivity contribution in [2.24, 2.45) is 0 Å². The monoisotopic (exact) mass is 259 g/mol. The summed E-state index contributed by atoms with van der Waals surface area (Å²) < 4.78 is 11.1. The van der Waals surface area contributed by atoms with Crippen LogP contribution in [0.2, 0.25) is 0 Å². The quantitative estimate of drug-likeness (QED) is 0.878. The van der Waals surface area contributed by atoms with Gasteiger partial charge in [0.25, 0.3) is 5.91 Å². The van der Waals surface area contributed by atoms with E-state index in [1.54, 1.807) is 6.26 Å². The van der Waals surface area contributed by atoms with Crippen molar-refractivity contribution in [3.8, 4) is 0 Å². The van der Waals surface area contributed by atoms with Gasteiger partial charge >= 0.3 is 0 Å². The molecule has 1 heterocycles. The Bertz CT molecular complexity index is 387. The first-order valence-corrected chi connectivity index (χ1v) is 7.67. The normalized spacial score (nSPS) is 14.4. The highest BCUT2D eigenvalue weighted by Gasteiger charge is 2.11. The van der Waals surface area contributed by atoms with Gasteiger partial charge in [-0.25, -0.2) is 0 Å². The van der Waals surface area contributed by atoms with Crippen molar-refractivity contribution >= 4 is 28.0 Å². The van der Waals surface area contributed by atoms with Gasteiger partial charge in [-0.2, -0.15) is 0 Å². The van der Waals surface area contributed by atoms with E-state index in [1.165, 1.54) is 11.3 Å². The first kappa shape index (κ1) is 13.4. The second-order valence-corrected chi connectivity index (χ2v) is 6.50. The Morgan fingerprint density at radius 3 is 2.81 bits per heavy atom. The van der Waals surface area contributed by atoms with Gasteiger partial charge in [0, 0.05) is 28.9 Å². The molecule has 0 saturated carbocycles. The molecular weight excluding hydrogens is 242 g/mol. The molecule has 16 heavy (non-hydrogen) atoms. The number of hydrogen-bond acceptors (Lipinski definition) is 3. The van der Waals surface area contributed by atoms with Crippen LogP contribution in [0, 0.1) is 6.92 Å². The molecule has 1 N–H and O–H groups in total. The molecule has 0 aliphatic carbocycles. The average Bonchev–Trinajstić information content (AvgIpc) is 2.64. The van der Waals surface area contributed by atoms with Crippen molar-refractivity contribution in [2.75, 3.05) is 12.8 Å². The first-order chi connectivity index (χ1) is 7.52. The molecule has 1 rings (SSSR count). The molecule has 5 heteroatoms. The molecular formula is C11H17NO2S2. The molecule has 0 unspecified atom stereocenters. The summed E-state index contributed by atoms with van der Waals surface area (Å²) in [4.78, 5) is 12.5. The lowest BCUT2D eigenvalue weighted by Crippen LogP contribution is -2.27. The number of nitrogens with one attached hydrogen (secondary N) is 1. The average molecular weight is 259 g/mol. The summed E-state index contributed by atoms with van der Waals surface area (Å²) in [5.41, 5.74) is 1.01. The fourth-order valence-corrected chi connectivity index (χ4v) is 2.53. The minimum atomic E-state index is -0.815. The molecule has 1 aromatic rings. The minimum Gasteiger partial charge on any atom is -0.351 e. The number of rotatable bonds is 5. The third-order valence-corrected chi connectivity index (χ3v) is 4.86. The standard InChI is InChI=1S/C11H17NO2S2/c1-8-5-7-15-10(8)11(13)12-6-4-9(2)16(3)14/h5,7,9H,4,6H2,1-3H3,(H,12,13)/t9-,16+/m0/s1. The number of amides is 1. The predicted octanol–water partition coefficient (Wildman–Crippen LogP) is 1.94. The zero-order valence-electron chi connectivity index (χ0n) is 9.78. The Hall–Kier alpha value is -0.680. The summed E-state index contributed by atoms with van der Waals surface area (Å²) >= 11 is 1.45. The molecule has 0 spiro atoms. The van der Waals surface area contributed by atoms with Gasteiger partial charge in [-0.05, 0) is 30.4 Å². The fourth-order valence-electron chi connectivity index (χ4n) is 1.24. The number of hydrogen-bond donors (Lipinski definition) is 1. The summed E-state index contributed by atoms with van der Waals surface area (Å²) in [5.74, 6) is -0.0263. The summed E-state index contributed by atoms with van der Waals surface area (Å²) in [5, 5.41) is 4.89. The molecule has 90 valence electrons. The maximum atomic E-state index is 11.7.